The van der Waals surface area contributed by atoms with Gasteiger partial charge >= 0.3 is 6.61 Å². The predicted molar refractivity (Wildman–Crippen MR) is 77.0 cm³/mol. The quantitative estimate of drug-likeness (QED) is 0.845. The zero-order chi connectivity index (χ0) is 15.2. The largest absolute Gasteiger partial charge is 0.433 e. The van der Waals surface area contributed by atoms with Crippen molar-refractivity contribution in [1.82, 2.24) is 5.32 Å². The Labute approximate surface area is 126 Å². The summed E-state index contributed by atoms with van der Waals surface area (Å²) in [7, 11) is 0. The van der Waals surface area contributed by atoms with Crippen LogP contribution in [0.3, 0.4) is 0 Å². The van der Waals surface area contributed by atoms with Crippen LogP contribution >= 0.6 is 11.6 Å². The van der Waals surface area contributed by atoms with Crippen molar-refractivity contribution in [3.05, 3.63) is 23.2 Å². The molecule has 0 radical (unpaired) electrons. The first-order chi connectivity index (χ1) is 10.0. The number of anilines is 1. The van der Waals surface area contributed by atoms with Crippen LogP contribution in [-0.2, 0) is 4.79 Å². The number of hydrogen-bond donors (Lipinski definition) is 2. The molecule has 0 saturated heterocycles. The number of amides is 1. The van der Waals surface area contributed by atoms with Crippen LogP contribution in [0.2, 0.25) is 5.02 Å². The minimum atomic E-state index is -2.93. The number of alkyl halides is 2. The van der Waals surface area contributed by atoms with Gasteiger partial charge < -0.3 is 15.4 Å². The van der Waals surface area contributed by atoms with Crippen LogP contribution in [0.25, 0.3) is 0 Å². The smallest absolute Gasteiger partial charge is 0.387 e. The summed E-state index contributed by atoms with van der Waals surface area (Å²) in [6, 6.07) is 4.55. The number of benzene rings is 1. The Morgan fingerprint density at radius 2 is 2.10 bits per heavy atom. The Kier molecular flexibility index (Phi) is 5.76. The molecule has 1 aliphatic carbocycles. The van der Waals surface area contributed by atoms with Crippen LogP contribution < -0.4 is 15.4 Å². The average molecular weight is 319 g/mol. The van der Waals surface area contributed by atoms with Crippen molar-refractivity contribution in [2.75, 3.05) is 11.9 Å². The van der Waals surface area contributed by atoms with Gasteiger partial charge in [-0.3, -0.25) is 4.79 Å². The van der Waals surface area contributed by atoms with Gasteiger partial charge in [0.2, 0.25) is 5.91 Å². The summed E-state index contributed by atoms with van der Waals surface area (Å²) in [6.07, 6.45) is 4.58. The van der Waals surface area contributed by atoms with Gasteiger partial charge in [0.25, 0.3) is 0 Å². The summed E-state index contributed by atoms with van der Waals surface area (Å²) < 4.78 is 28.4. The van der Waals surface area contributed by atoms with E-state index in [0.29, 0.717) is 11.7 Å². The van der Waals surface area contributed by atoms with Gasteiger partial charge in [-0.05, 0) is 31.0 Å². The van der Waals surface area contributed by atoms with Crippen LogP contribution in [0.1, 0.15) is 25.7 Å². The van der Waals surface area contributed by atoms with E-state index in [1.165, 1.54) is 31.0 Å². The molecule has 0 unspecified atom stereocenters. The van der Waals surface area contributed by atoms with Gasteiger partial charge in [0.15, 0.2) is 0 Å². The van der Waals surface area contributed by atoms with Crippen molar-refractivity contribution in [3.8, 4) is 5.75 Å². The summed E-state index contributed by atoms with van der Waals surface area (Å²) in [5.74, 6) is -0.311. The maximum Gasteiger partial charge on any atom is 0.387 e. The zero-order valence-corrected chi connectivity index (χ0v) is 12.1. The summed E-state index contributed by atoms with van der Waals surface area (Å²) in [5.41, 5.74) is 0.444. The highest BCUT2D eigenvalue weighted by Gasteiger charge is 2.15. The number of carbonyl (C=O) groups is 1. The molecule has 0 bridgehead atoms. The lowest BCUT2D eigenvalue weighted by atomic mass is 10.2. The third kappa shape index (κ3) is 5.13. The molecule has 1 saturated carbocycles. The molecule has 2 rings (SSSR count). The molecule has 1 aromatic rings. The zero-order valence-electron chi connectivity index (χ0n) is 11.4. The molecule has 21 heavy (non-hydrogen) atoms. The lowest BCUT2D eigenvalue weighted by Crippen LogP contribution is -2.34. The lowest BCUT2D eigenvalue weighted by Gasteiger charge is -2.12. The van der Waals surface area contributed by atoms with Crippen molar-refractivity contribution in [3.63, 3.8) is 0 Å². The summed E-state index contributed by atoms with van der Waals surface area (Å²) in [6.45, 7) is -2.71. The number of ether oxygens (including phenoxy) is 1. The number of halogens is 3. The SMILES string of the molecule is O=C(CNC1CCCC1)Nc1ccc(OC(F)F)c(Cl)c1. The highest BCUT2D eigenvalue weighted by molar-refractivity contribution is 6.32. The third-order valence-corrected chi connectivity index (χ3v) is 3.63. The van der Waals surface area contributed by atoms with E-state index < -0.39 is 6.61 Å². The van der Waals surface area contributed by atoms with E-state index in [9.17, 15) is 13.6 Å². The number of rotatable bonds is 6. The second-order valence-corrected chi connectivity index (χ2v) is 5.34. The van der Waals surface area contributed by atoms with Crippen LogP contribution in [0.15, 0.2) is 18.2 Å². The Hall–Kier alpha value is -1.40. The molecule has 0 aromatic heterocycles. The fourth-order valence-electron chi connectivity index (χ4n) is 2.34. The topological polar surface area (TPSA) is 50.4 Å². The highest BCUT2D eigenvalue weighted by Crippen LogP contribution is 2.28. The minimum Gasteiger partial charge on any atom is -0.433 e. The van der Waals surface area contributed by atoms with Crippen LogP contribution in [-0.4, -0.2) is 25.1 Å². The lowest BCUT2D eigenvalue weighted by molar-refractivity contribution is -0.115. The summed E-state index contributed by atoms with van der Waals surface area (Å²) >= 11 is 5.81. The first-order valence-corrected chi connectivity index (χ1v) is 7.20. The molecule has 0 atom stereocenters. The van der Waals surface area contributed by atoms with Gasteiger partial charge in [0.1, 0.15) is 5.75 Å². The van der Waals surface area contributed by atoms with Crippen molar-refractivity contribution in [1.29, 1.82) is 0 Å². The third-order valence-electron chi connectivity index (χ3n) is 3.34. The Morgan fingerprint density at radius 1 is 1.38 bits per heavy atom. The molecule has 1 fully saturated rings. The average Bonchev–Trinajstić information content (AvgIpc) is 2.92. The van der Waals surface area contributed by atoms with E-state index in [1.54, 1.807) is 0 Å². The molecular weight excluding hydrogens is 302 g/mol. The second-order valence-electron chi connectivity index (χ2n) is 4.93. The van der Waals surface area contributed by atoms with Crippen molar-refractivity contribution < 1.29 is 18.3 Å². The minimum absolute atomic E-state index is 0.0249. The molecule has 1 aliphatic rings. The maximum absolute atomic E-state index is 12.1. The normalized spacial score (nSPS) is 15.4. The first kappa shape index (κ1) is 16.0. The molecule has 0 heterocycles. The number of nitrogens with one attached hydrogen (secondary N) is 2. The van der Waals surface area contributed by atoms with Crippen LogP contribution in [0.4, 0.5) is 14.5 Å². The van der Waals surface area contributed by atoms with Gasteiger partial charge in [-0.15, -0.1) is 0 Å². The second kappa shape index (κ2) is 7.56. The molecule has 116 valence electrons. The van der Waals surface area contributed by atoms with Crippen molar-refractivity contribution in [2.45, 2.75) is 38.3 Å². The van der Waals surface area contributed by atoms with Gasteiger partial charge in [-0.1, -0.05) is 24.4 Å². The number of carbonyl (C=O) groups excluding carboxylic acids is 1. The monoisotopic (exact) mass is 318 g/mol. The fraction of sp³-hybridized carbons (Fsp3) is 0.500. The summed E-state index contributed by atoms with van der Waals surface area (Å²) in [4.78, 5) is 11.8. The predicted octanol–water partition coefficient (Wildman–Crippen LogP) is 3.41. The Balaban J connectivity index is 1.84. The number of hydrogen-bond acceptors (Lipinski definition) is 3. The van der Waals surface area contributed by atoms with Gasteiger partial charge in [0, 0.05) is 11.7 Å². The van der Waals surface area contributed by atoms with Gasteiger partial charge in [0.05, 0.1) is 11.6 Å². The van der Waals surface area contributed by atoms with Crippen molar-refractivity contribution in [2.24, 2.45) is 0 Å². The van der Waals surface area contributed by atoms with E-state index in [4.69, 9.17) is 11.6 Å². The molecule has 0 aliphatic heterocycles. The first-order valence-electron chi connectivity index (χ1n) is 6.82. The molecule has 4 nitrogen and oxygen atoms in total. The molecule has 1 aromatic carbocycles. The Morgan fingerprint density at radius 3 is 2.71 bits per heavy atom. The fourth-order valence-corrected chi connectivity index (χ4v) is 2.57. The van der Waals surface area contributed by atoms with Crippen molar-refractivity contribution >= 4 is 23.2 Å². The van der Waals surface area contributed by atoms with E-state index in [0.717, 1.165) is 12.8 Å². The van der Waals surface area contributed by atoms with Crippen LogP contribution in [0.5, 0.6) is 5.75 Å². The molecule has 1 amide bonds. The summed E-state index contributed by atoms with van der Waals surface area (Å²) in [5, 5.41) is 5.87. The van der Waals surface area contributed by atoms with E-state index in [-0.39, 0.29) is 23.2 Å². The van der Waals surface area contributed by atoms with E-state index in [1.807, 2.05) is 0 Å². The Bertz CT molecular complexity index is 494. The highest BCUT2D eigenvalue weighted by atomic mass is 35.5. The van der Waals surface area contributed by atoms with Gasteiger partial charge in [-0.2, -0.15) is 8.78 Å². The molecule has 0 spiro atoms. The standard InChI is InChI=1S/C14H17ClF2N2O2/c15-11-7-10(5-6-12(11)21-14(16)17)19-13(20)8-18-9-3-1-2-4-9/h5-7,9,14,18H,1-4,8H2,(H,19,20). The maximum atomic E-state index is 12.1. The van der Waals surface area contributed by atoms with E-state index in [2.05, 4.69) is 15.4 Å². The van der Waals surface area contributed by atoms with E-state index >= 15 is 0 Å². The molecular formula is C14H17ClF2N2O2. The molecule has 7 heteroatoms. The van der Waals surface area contributed by atoms with Gasteiger partial charge in [-0.25, -0.2) is 0 Å². The van der Waals surface area contributed by atoms with Crippen LogP contribution in [0, 0.1) is 0 Å². The molecule has 2 N–H and O–H groups in total.